The standard InChI is InChI=1S/C19H28ClN3O2/c1-4-5-19(25)23-10-8-22(9-11-23)17-7-6-15(13-16(17)20)21-18(24)12-14(2)3/h6-7,13-14H,4-5,8-12H2,1-3H3,(H,21,24). The molecule has 1 aliphatic heterocycles. The van der Waals surface area contributed by atoms with Crippen molar-refractivity contribution >= 4 is 34.8 Å². The van der Waals surface area contributed by atoms with Crippen molar-refractivity contribution in [1.82, 2.24) is 4.90 Å². The number of nitrogens with zero attached hydrogens (tertiary/aromatic N) is 2. The van der Waals surface area contributed by atoms with E-state index in [-0.39, 0.29) is 11.8 Å². The number of carbonyl (C=O) groups is 2. The summed E-state index contributed by atoms with van der Waals surface area (Å²) < 4.78 is 0. The molecule has 1 fully saturated rings. The zero-order chi connectivity index (χ0) is 18.4. The third-order valence-electron chi connectivity index (χ3n) is 4.26. The SMILES string of the molecule is CCCC(=O)N1CCN(c2ccc(NC(=O)CC(C)C)cc2Cl)CC1. The maximum absolute atomic E-state index is 12.0. The number of carbonyl (C=O) groups excluding carboxylic acids is 2. The molecule has 0 radical (unpaired) electrons. The molecule has 1 saturated heterocycles. The lowest BCUT2D eigenvalue weighted by atomic mass is 10.1. The van der Waals surface area contributed by atoms with Gasteiger partial charge in [0.25, 0.3) is 0 Å². The normalized spacial score (nSPS) is 14.8. The molecule has 0 atom stereocenters. The Labute approximate surface area is 155 Å². The molecule has 0 bridgehead atoms. The summed E-state index contributed by atoms with van der Waals surface area (Å²) in [5.74, 6) is 0.555. The quantitative estimate of drug-likeness (QED) is 0.834. The summed E-state index contributed by atoms with van der Waals surface area (Å²) in [6, 6.07) is 5.62. The minimum Gasteiger partial charge on any atom is -0.367 e. The van der Waals surface area contributed by atoms with E-state index < -0.39 is 0 Å². The Morgan fingerprint density at radius 1 is 1.20 bits per heavy atom. The average Bonchev–Trinajstić information content (AvgIpc) is 2.54. The average molecular weight is 366 g/mol. The summed E-state index contributed by atoms with van der Waals surface area (Å²) in [4.78, 5) is 28.0. The molecule has 25 heavy (non-hydrogen) atoms. The molecule has 0 spiro atoms. The minimum absolute atomic E-state index is 0.00173. The molecule has 0 aliphatic carbocycles. The van der Waals surface area contributed by atoms with Crippen molar-refractivity contribution in [2.24, 2.45) is 5.92 Å². The fraction of sp³-hybridized carbons (Fsp3) is 0.579. The molecule has 0 unspecified atom stereocenters. The third kappa shape index (κ3) is 5.63. The summed E-state index contributed by atoms with van der Waals surface area (Å²) in [5, 5.41) is 3.51. The van der Waals surface area contributed by atoms with E-state index in [0.717, 1.165) is 44.0 Å². The Balaban J connectivity index is 1.95. The van der Waals surface area contributed by atoms with Crippen LogP contribution in [0.1, 0.15) is 40.0 Å². The maximum atomic E-state index is 12.0. The molecule has 138 valence electrons. The molecule has 1 aromatic rings. The van der Waals surface area contributed by atoms with Crippen molar-refractivity contribution in [3.8, 4) is 0 Å². The lowest BCUT2D eigenvalue weighted by Crippen LogP contribution is -2.48. The lowest BCUT2D eigenvalue weighted by molar-refractivity contribution is -0.131. The van der Waals surface area contributed by atoms with Crippen LogP contribution in [0.15, 0.2) is 18.2 Å². The van der Waals surface area contributed by atoms with E-state index in [9.17, 15) is 9.59 Å². The first-order valence-corrected chi connectivity index (χ1v) is 9.40. The number of halogens is 1. The molecule has 5 nitrogen and oxygen atoms in total. The van der Waals surface area contributed by atoms with E-state index in [4.69, 9.17) is 11.6 Å². The van der Waals surface area contributed by atoms with Crippen LogP contribution in [0.5, 0.6) is 0 Å². The first-order valence-electron chi connectivity index (χ1n) is 9.02. The predicted octanol–water partition coefficient (Wildman–Crippen LogP) is 3.77. The van der Waals surface area contributed by atoms with Crippen molar-refractivity contribution < 1.29 is 9.59 Å². The van der Waals surface area contributed by atoms with Crippen LogP contribution in [-0.4, -0.2) is 42.9 Å². The van der Waals surface area contributed by atoms with Crippen LogP contribution in [0.2, 0.25) is 5.02 Å². The van der Waals surface area contributed by atoms with E-state index >= 15 is 0 Å². The number of anilines is 2. The van der Waals surface area contributed by atoms with Gasteiger partial charge in [-0.05, 0) is 30.5 Å². The van der Waals surface area contributed by atoms with Gasteiger partial charge in [0.15, 0.2) is 0 Å². The van der Waals surface area contributed by atoms with Gasteiger partial charge in [-0.25, -0.2) is 0 Å². The third-order valence-corrected chi connectivity index (χ3v) is 4.56. The summed E-state index contributed by atoms with van der Waals surface area (Å²) in [5.41, 5.74) is 1.67. The Hall–Kier alpha value is -1.75. The highest BCUT2D eigenvalue weighted by atomic mass is 35.5. The smallest absolute Gasteiger partial charge is 0.224 e. The van der Waals surface area contributed by atoms with Crippen molar-refractivity contribution in [1.29, 1.82) is 0 Å². The van der Waals surface area contributed by atoms with Crippen molar-refractivity contribution in [2.75, 3.05) is 36.4 Å². The first kappa shape index (κ1) is 19.6. The molecular formula is C19H28ClN3O2. The molecular weight excluding hydrogens is 338 g/mol. The van der Waals surface area contributed by atoms with Gasteiger partial charge >= 0.3 is 0 Å². The number of rotatable bonds is 6. The highest BCUT2D eigenvalue weighted by Gasteiger charge is 2.22. The first-order chi connectivity index (χ1) is 11.9. The Kier molecular flexibility index (Phi) is 7.12. The van der Waals surface area contributed by atoms with E-state index in [1.165, 1.54) is 0 Å². The van der Waals surface area contributed by atoms with Gasteiger partial charge in [-0.1, -0.05) is 32.4 Å². The highest BCUT2D eigenvalue weighted by molar-refractivity contribution is 6.33. The van der Waals surface area contributed by atoms with E-state index in [1.54, 1.807) is 6.07 Å². The van der Waals surface area contributed by atoms with Gasteiger partial charge in [-0.3, -0.25) is 9.59 Å². The topological polar surface area (TPSA) is 52.7 Å². The zero-order valence-corrected chi connectivity index (χ0v) is 16.1. The molecule has 0 aromatic heterocycles. The van der Waals surface area contributed by atoms with Gasteiger partial charge in [0.05, 0.1) is 10.7 Å². The number of hydrogen-bond acceptors (Lipinski definition) is 3. The van der Waals surface area contributed by atoms with E-state index in [0.29, 0.717) is 23.8 Å². The maximum Gasteiger partial charge on any atom is 0.224 e. The van der Waals surface area contributed by atoms with Crippen molar-refractivity contribution in [3.05, 3.63) is 23.2 Å². The Morgan fingerprint density at radius 3 is 2.44 bits per heavy atom. The molecule has 0 saturated carbocycles. The van der Waals surface area contributed by atoms with E-state index in [1.807, 2.05) is 37.8 Å². The predicted molar refractivity (Wildman–Crippen MR) is 103 cm³/mol. The number of benzene rings is 1. The van der Waals surface area contributed by atoms with Crippen LogP contribution in [0.25, 0.3) is 0 Å². The van der Waals surface area contributed by atoms with Crippen LogP contribution >= 0.6 is 11.6 Å². The van der Waals surface area contributed by atoms with Gasteiger partial charge in [0, 0.05) is 44.7 Å². The molecule has 1 N–H and O–H groups in total. The Morgan fingerprint density at radius 2 is 1.88 bits per heavy atom. The van der Waals surface area contributed by atoms with Crippen LogP contribution in [-0.2, 0) is 9.59 Å². The Bertz CT molecular complexity index is 611. The molecule has 1 heterocycles. The second kappa shape index (κ2) is 9.09. The molecule has 2 rings (SSSR count). The molecule has 2 amide bonds. The number of piperazine rings is 1. The number of hydrogen-bond donors (Lipinski definition) is 1. The van der Waals surface area contributed by atoms with Gasteiger partial charge in [0.2, 0.25) is 11.8 Å². The molecule has 6 heteroatoms. The van der Waals surface area contributed by atoms with Crippen LogP contribution in [0, 0.1) is 5.92 Å². The van der Waals surface area contributed by atoms with Crippen molar-refractivity contribution in [2.45, 2.75) is 40.0 Å². The minimum atomic E-state index is 0.00173. The number of amides is 2. The monoisotopic (exact) mass is 365 g/mol. The van der Waals surface area contributed by atoms with E-state index in [2.05, 4.69) is 10.2 Å². The fourth-order valence-electron chi connectivity index (χ4n) is 2.99. The lowest BCUT2D eigenvalue weighted by Gasteiger charge is -2.36. The summed E-state index contributed by atoms with van der Waals surface area (Å²) in [7, 11) is 0. The summed E-state index contributed by atoms with van der Waals surface area (Å²) in [6.45, 7) is 9.04. The highest BCUT2D eigenvalue weighted by Crippen LogP contribution is 2.30. The molecule has 1 aliphatic rings. The van der Waals surface area contributed by atoms with Gasteiger partial charge < -0.3 is 15.1 Å². The zero-order valence-electron chi connectivity index (χ0n) is 15.3. The summed E-state index contributed by atoms with van der Waals surface area (Å²) in [6.07, 6.45) is 1.99. The van der Waals surface area contributed by atoms with Gasteiger partial charge in [-0.2, -0.15) is 0 Å². The number of nitrogens with one attached hydrogen (secondary N) is 1. The van der Waals surface area contributed by atoms with Gasteiger partial charge in [0.1, 0.15) is 0 Å². The van der Waals surface area contributed by atoms with Crippen LogP contribution in [0.4, 0.5) is 11.4 Å². The second-order valence-corrected chi connectivity index (χ2v) is 7.34. The van der Waals surface area contributed by atoms with Gasteiger partial charge in [-0.15, -0.1) is 0 Å². The van der Waals surface area contributed by atoms with Crippen LogP contribution < -0.4 is 10.2 Å². The molecule has 1 aromatic carbocycles. The second-order valence-electron chi connectivity index (χ2n) is 6.93. The van der Waals surface area contributed by atoms with Crippen molar-refractivity contribution in [3.63, 3.8) is 0 Å². The fourth-order valence-corrected chi connectivity index (χ4v) is 3.29. The summed E-state index contributed by atoms with van der Waals surface area (Å²) >= 11 is 6.43. The van der Waals surface area contributed by atoms with Crippen LogP contribution in [0.3, 0.4) is 0 Å². The largest absolute Gasteiger partial charge is 0.367 e.